The van der Waals surface area contributed by atoms with Crippen molar-refractivity contribution in [3.63, 3.8) is 0 Å². The minimum absolute atomic E-state index is 0. The molecular formula is C9H15ClN4OS. The molecule has 3 N–H and O–H groups in total. The lowest BCUT2D eigenvalue weighted by atomic mass is 9.91. The summed E-state index contributed by atoms with van der Waals surface area (Å²) in [7, 11) is 0. The van der Waals surface area contributed by atoms with Crippen LogP contribution in [0.2, 0.25) is 0 Å². The van der Waals surface area contributed by atoms with Gasteiger partial charge in [-0.2, -0.15) is 8.75 Å². The predicted molar refractivity (Wildman–Crippen MR) is 64.9 cm³/mol. The molecule has 5 nitrogen and oxygen atoms in total. The van der Waals surface area contributed by atoms with Crippen molar-refractivity contribution in [2.24, 2.45) is 5.73 Å². The Morgan fingerprint density at radius 3 is 3.00 bits per heavy atom. The Labute approximate surface area is 105 Å². The van der Waals surface area contributed by atoms with E-state index in [-0.39, 0.29) is 30.4 Å². The van der Waals surface area contributed by atoms with E-state index in [0.29, 0.717) is 5.69 Å². The average molecular weight is 263 g/mol. The maximum absolute atomic E-state index is 11.6. The van der Waals surface area contributed by atoms with Crippen LogP contribution >= 0.6 is 24.1 Å². The van der Waals surface area contributed by atoms with Gasteiger partial charge in [0, 0.05) is 12.1 Å². The lowest BCUT2D eigenvalue weighted by Gasteiger charge is -2.26. The maximum atomic E-state index is 11.6. The largest absolute Gasteiger partial charge is 0.348 e. The molecule has 2 atom stereocenters. The third-order valence-corrected chi connectivity index (χ3v) is 3.12. The molecule has 16 heavy (non-hydrogen) atoms. The summed E-state index contributed by atoms with van der Waals surface area (Å²) in [6, 6.07) is 0.417. The third kappa shape index (κ3) is 3.40. The molecule has 1 heterocycles. The lowest BCUT2D eigenvalue weighted by molar-refractivity contribution is 0.0921. The summed E-state index contributed by atoms with van der Waals surface area (Å²) in [6.07, 6.45) is 5.51. The molecule has 0 saturated heterocycles. The zero-order chi connectivity index (χ0) is 10.7. The molecule has 1 amide bonds. The summed E-state index contributed by atoms with van der Waals surface area (Å²) in [6.45, 7) is 0. The summed E-state index contributed by atoms with van der Waals surface area (Å²) in [4.78, 5) is 11.6. The van der Waals surface area contributed by atoms with Gasteiger partial charge in [-0.25, -0.2) is 0 Å². The number of aromatic nitrogens is 2. The number of nitrogens with zero attached hydrogens (tertiary/aromatic N) is 2. The molecule has 0 radical (unpaired) electrons. The van der Waals surface area contributed by atoms with Crippen LogP contribution in [0.4, 0.5) is 0 Å². The number of nitrogens with two attached hydrogens (primary N) is 1. The highest BCUT2D eigenvalue weighted by Crippen LogP contribution is 2.17. The van der Waals surface area contributed by atoms with Gasteiger partial charge in [0.1, 0.15) is 0 Å². The average Bonchev–Trinajstić information content (AvgIpc) is 2.70. The molecule has 0 aromatic carbocycles. The Kier molecular flexibility index (Phi) is 5.11. The van der Waals surface area contributed by atoms with Crippen LogP contribution in [0.5, 0.6) is 0 Å². The van der Waals surface area contributed by atoms with Crippen LogP contribution in [0.3, 0.4) is 0 Å². The van der Waals surface area contributed by atoms with Crippen LogP contribution in [0.1, 0.15) is 36.2 Å². The first-order valence-corrected chi connectivity index (χ1v) is 5.83. The summed E-state index contributed by atoms with van der Waals surface area (Å²) < 4.78 is 7.68. The normalized spacial score (nSPS) is 24.6. The van der Waals surface area contributed by atoms with Crippen LogP contribution in [-0.2, 0) is 0 Å². The molecule has 1 saturated carbocycles. The van der Waals surface area contributed by atoms with E-state index in [0.717, 1.165) is 37.4 Å². The number of carbonyl (C=O) groups is 1. The van der Waals surface area contributed by atoms with Gasteiger partial charge in [0.05, 0.1) is 17.9 Å². The molecule has 0 aliphatic heterocycles. The maximum Gasteiger partial charge on any atom is 0.272 e. The van der Waals surface area contributed by atoms with E-state index >= 15 is 0 Å². The molecule has 0 bridgehead atoms. The Morgan fingerprint density at radius 1 is 1.56 bits per heavy atom. The molecule has 1 aliphatic rings. The van der Waals surface area contributed by atoms with Gasteiger partial charge in [-0.05, 0) is 25.7 Å². The van der Waals surface area contributed by atoms with Gasteiger partial charge in [-0.3, -0.25) is 4.79 Å². The van der Waals surface area contributed by atoms with Gasteiger partial charge in [0.25, 0.3) is 5.91 Å². The fraction of sp³-hybridized carbons (Fsp3) is 0.667. The van der Waals surface area contributed by atoms with Crippen LogP contribution in [-0.4, -0.2) is 26.7 Å². The van der Waals surface area contributed by atoms with E-state index in [1.54, 1.807) is 0 Å². The first-order chi connectivity index (χ1) is 7.25. The zero-order valence-electron chi connectivity index (χ0n) is 8.76. The number of halogens is 1. The van der Waals surface area contributed by atoms with E-state index < -0.39 is 0 Å². The van der Waals surface area contributed by atoms with E-state index in [2.05, 4.69) is 14.1 Å². The third-order valence-electron chi connectivity index (χ3n) is 2.64. The van der Waals surface area contributed by atoms with Crippen LogP contribution in [0, 0.1) is 0 Å². The monoisotopic (exact) mass is 262 g/mol. The number of hydrogen-bond donors (Lipinski definition) is 2. The van der Waals surface area contributed by atoms with Crippen molar-refractivity contribution >= 4 is 30.0 Å². The topological polar surface area (TPSA) is 80.9 Å². The van der Waals surface area contributed by atoms with Crippen molar-refractivity contribution in [2.75, 3.05) is 0 Å². The summed E-state index contributed by atoms with van der Waals surface area (Å²) >= 11 is 1.04. The molecule has 1 fully saturated rings. The summed E-state index contributed by atoms with van der Waals surface area (Å²) in [5.41, 5.74) is 6.24. The van der Waals surface area contributed by atoms with Crippen molar-refractivity contribution in [3.8, 4) is 0 Å². The van der Waals surface area contributed by atoms with Gasteiger partial charge in [0.15, 0.2) is 5.69 Å². The van der Waals surface area contributed by atoms with Gasteiger partial charge in [-0.15, -0.1) is 12.4 Å². The van der Waals surface area contributed by atoms with Gasteiger partial charge in [-0.1, -0.05) is 0 Å². The van der Waals surface area contributed by atoms with Crippen molar-refractivity contribution < 1.29 is 4.79 Å². The van der Waals surface area contributed by atoms with Crippen molar-refractivity contribution in [1.82, 2.24) is 14.1 Å². The van der Waals surface area contributed by atoms with E-state index in [1.165, 1.54) is 6.20 Å². The Balaban J connectivity index is 0.00000128. The number of rotatable bonds is 2. The van der Waals surface area contributed by atoms with Crippen molar-refractivity contribution in [2.45, 2.75) is 37.8 Å². The highest BCUT2D eigenvalue weighted by molar-refractivity contribution is 6.99. The minimum atomic E-state index is -0.136. The quantitative estimate of drug-likeness (QED) is 0.832. The molecule has 7 heteroatoms. The molecule has 1 aromatic rings. The van der Waals surface area contributed by atoms with Crippen LogP contribution in [0.25, 0.3) is 0 Å². The van der Waals surface area contributed by atoms with Gasteiger partial charge < -0.3 is 11.1 Å². The van der Waals surface area contributed by atoms with Crippen LogP contribution < -0.4 is 11.1 Å². The fourth-order valence-corrected chi connectivity index (χ4v) is 2.29. The molecule has 2 unspecified atom stereocenters. The molecule has 1 aliphatic carbocycles. The summed E-state index contributed by atoms with van der Waals surface area (Å²) in [5.74, 6) is -0.136. The van der Waals surface area contributed by atoms with E-state index in [9.17, 15) is 4.79 Å². The van der Waals surface area contributed by atoms with Crippen molar-refractivity contribution in [1.29, 1.82) is 0 Å². The second kappa shape index (κ2) is 6.12. The lowest BCUT2D eigenvalue weighted by Crippen LogP contribution is -2.42. The minimum Gasteiger partial charge on any atom is -0.348 e. The zero-order valence-corrected chi connectivity index (χ0v) is 10.4. The number of amides is 1. The first kappa shape index (κ1) is 13.3. The second-order valence-electron chi connectivity index (χ2n) is 3.89. The van der Waals surface area contributed by atoms with E-state index in [1.807, 2.05) is 0 Å². The van der Waals surface area contributed by atoms with Crippen LogP contribution in [0.15, 0.2) is 6.20 Å². The number of nitrogens with one attached hydrogen (secondary N) is 1. The summed E-state index contributed by atoms with van der Waals surface area (Å²) in [5, 5.41) is 2.94. The van der Waals surface area contributed by atoms with Gasteiger partial charge >= 0.3 is 0 Å². The first-order valence-electron chi connectivity index (χ1n) is 5.09. The smallest absolute Gasteiger partial charge is 0.272 e. The number of hydrogen-bond acceptors (Lipinski definition) is 5. The Morgan fingerprint density at radius 2 is 2.38 bits per heavy atom. The Bertz CT molecular complexity index is 332. The molecule has 0 spiro atoms. The highest BCUT2D eigenvalue weighted by atomic mass is 35.5. The van der Waals surface area contributed by atoms with Gasteiger partial charge in [0.2, 0.25) is 0 Å². The second-order valence-corrected chi connectivity index (χ2v) is 4.45. The standard InChI is InChI=1S/C9H14N4OS.ClH/c10-6-2-1-3-7(4-6)12-9(14)8-5-11-15-13-8;/h5-7H,1-4,10H2,(H,12,14);1H. The molecule has 2 rings (SSSR count). The Hall–Kier alpha value is -0.720. The molecular weight excluding hydrogens is 248 g/mol. The fourth-order valence-electron chi connectivity index (χ4n) is 1.88. The SMILES string of the molecule is Cl.NC1CCCC(NC(=O)c2cnsn2)C1. The molecule has 1 aromatic heterocycles. The highest BCUT2D eigenvalue weighted by Gasteiger charge is 2.21. The number of carbonyl (C=O) groups excluding carboxylic acids is 1. The van der Waals surface area contributed by atoms with E-state index in [4.69, 9.17) is 5.73 Å². The predicted octanol–water partition coefficient (Wildman–Crippen LogP) is 0.960. The van der Waals surface area contributed by atoms with Crippen molar-refractivity contribution in [3.05, 3.63) is 11.9 Å². The molecule has 90 valence electrons.